The molecule has 2 aromatic rings. The third kappa shape index (κ3) is 2.53. The summed E-state index contributed by atoms with van der Waals surface area (Å²) in [6, 6.07) is 0. The molecular weight excluding hydrogens is 260 g/mol. The standard InChI is InChI=1S/C12H16N6O2/c1-7-9(5-13-17(7)3)16-12(20)11-10(15-8(2)19)6-14-18(11)4/h5-6H,1-4H3,(H,15,19)(H,16,20). The second kappa shape index (κ2) is 5.16. The smallest absolute Gasteiger partial charge is 0.276 e. The monoisotopic (exact) mass is 276 g/mol. The minimum atomic E-state index is -0.357. The number of aromatic nitrogens is 4. The first kappa shape index (κ1) is 13.8. The van der Waals surface area contributed by atoms with Gasteiger partial charge in [0.1, 0.15) is 5.69 Å². The summed E-state index contributed by atoms with van der Waals surface area (Å²) < 4.78 is 3.07. The predicted molar refractivity (Wildman–Crippen MR) is 73.4 cm³/mol. The van der Waals surface area contributed by atoms with E-state index >= 15 is 0 Å². The molecule has 0 unspecified atom stereocenters. The summed E-state index contributed by atoms with van der Waals surface area (Å²) in [5.41, 5.74) is 2.11. The Labute approximate surface area is 115 Å². The first-order valence-corrected chi connectivity index (χ1v) is 5.99. The fourth-order valence-electron chi connectivity index (χ4n) is 1.79. The van der Waals surface area contributed by atoms with E-state index < -0.39 is 0 Å². The van der Waals surface area contributed by atoms with Crippen molar-refractivity contribution >= 4 is 23.2 Å². The lowest BCUT2D eigenvalue weighted by atomic mass is 10.3. The highest BCUT2D eigenvalue weighted by atomic mass is 16.2. The van der Waals surface area contributed by atoms with Crippen molar-refractivity contribution in [1.29, 1.82) is 0 Å². The molecule has 20 heavy (non-hydrogen) atoms. The minimum absolute atomic E-state index is 0.260. The fourth-order valence-corrected chi connectivity index (χ4v) is 1.79. The summed E-state index contributed by atoms with van der Waals surface area (Å²) in [5, 5.41) is 13.4. The molecule has 0 bridgehead atoms. The van der Waals surface area contributed by atoms with Crippen LogP contribution in [0.5, 0.6) is 0 Å². The lowest BCUT2D eigenvalue weighted by Crippen LogP contribution is -2.19. The highest BCUT2D eigenvalue weighted by Gasteiger charge is 2.19. The third-order valence-corrected chi connectivity index (χ3v) is 2.95. The summed E-state index contributed by atoms with van der Waals surface area (Å²) in [5.74, 6) is -0.616. The first-order chi connectivity index (χ1) is 9.40. The number of anilines is 2. The van der Waals surface area contributed by atoms with Gasteiger partial charge in [0.05, 0.1) is 29.5 Å². The Balaban J connectivity index is 2.27. The summed E-state index contributed by atoms with van der Waals surface area (Å²) in [6.07, 6.45) is 3.01. The van der Waals surface area contributed by atoms with Gasteiger partial charge in [-0.3, -0.25) is 19.0 Å². The van der Waals surface area contributed by atoms with E-state index in [9.17, 15) is 9.59 Å². The molecule has 0 aliphatic carbocycles. The molecule has 0 saturated heterocycles. The largest absolute Gasteiger partial charge is 0.323 e. The zero-order valence-electron chi connectivity index (χ0n) is 11.8. The van der Waals surface area contributed by atoms with E-state index in [-0.39, 0.29) is 17.5 Å². The van der Waals surface area contributed by atoms with Crippen LogP contribution in [-0.2, 0) is 18.9 Å². The normalized spacial score (nSPS) is 10.4. The second-order valence-electron chi connectivity index (χ2n) is 4.43. The molecule has 0 radical (unpaired) electrons. The molecule has 0 aliphatic heterocycles. The van der Waals surface area contributed by atoms with Crippen LogP contribution < -0.4 is 10.6 Å². The average Bonchev–Trinajstić information content (AvgIpc) is 2.86. The molecule has 2 rings (SSSR count). The number of carbonyl (C=O) groups excluding carboxylic acids is 2. The van der Waals surface area contributed by atoms with E-state index in [0.29, 0.717) is 11.4 Å². The van der Waals surface area contributed by atoms with Gasteiger partial charge in [0, 0.05) is 21.0 Å². The van der Waals surface area contributed by atoms with Crippen molar-refractivity contribution in [2.75, 3.05) is 10.6 Å². The molecule has 0 aromatic carbocycles. The molecule has 0 saturated carbocycles. The zero-order valence-corrected chi connectivity index (χ0v) is 11.8. The van der Waals surface area contributed by atoms with E-state index in [1.54, 1.807) is 25.0 Å². The van der Waals surface area contributed by atoms with Gasteiger partial charge in [-0.25, -0.2) is 0 Å². The van der Waals surface area contributed by atoms with E-state index in [4.69, 9.17) is 0 Å². The number of aryl methyl sites for hydroxylation is 2. The Hall–Kier alpha value is -2.64. The van der Waals surface area contributed by atoms with Crippen LogP contribution >= 0.6 is 0 Å². The van der Waals surface area contributed by atoms with Gasteiger partial charge in [-0.1, -0.05) is 0 Å². The quantitative estimate of drug-likeness (QED) is 0.861. The lowest BCUT2D eigenvalue weighted by Gasteiger charge is -2.07. The van der Waals surface area contributed by atoms with Crippen molar-refractivity contribution in [3.05, 3.63) is 23.8 Å². The van der Waals surface area contributed by atoms with Crippen LogP contribution in [-0.4, -0.2) is 31.4 Å². The van der Waals surface area contributed by atoms with Crippen LogP contribution in [0.3, 0.4) is 0 Å². The van der Waals surface area contributed by atoms with E-state index in [1.165, 1.54) is 17.8 Å². The van der Waals surface area contributed by atoms with Crippen molar-refractivity contribution in [2.24, 2.45) is 14.1 Å². The number of carbonyl (C=O) groups is 2. The molecule has 2 N–H and O–H groups in total. The Kier molecular flexibility index (Phi) is 3.55. The van der Waals surface area contributed by atoms with Gasteiger partial charge < -0.3 is 10.6 Å². The lowest BCUT2D eigenvalue weighted by molar-refractivity contribution is -0.114. The Morgan fingerprint density at radius 3 is 2.20 bits per heavy atom. The van der Waals surface area contributed by atoms with Gasteiger partial charge >= 0.3 is 0 Å². The summed E-state index contributed by atoms with van der Waals surface area (Å²) in [6.45, 7) is 3.22. The maximum atomic E-state index is 12.3. The highest BCUT2D eigenvalue weighted by molar-refractivity contribution is 6.08. The van der Waals surface area contributed by atoms with Crippen LogP contribution in [0.4, 0.5) is 11.4 Å². The van der Waals surface area contributed by atoms with Gasteiger partial charge in [0.15, 0.2) is 0 Å². The Morgan fingerprint density at radius 2 is 1.65 bits per heavy atom. The molecule has 0 atom stereocenters. The second-order valence-corrected chi connectivity index (χ2v) is 4.43. The average molecular weight is 276 g/mol. The molecular formula is C12H16N6O2. The molecule has 8 nitrogen and oxygen atoms in total. The topological polar surface area (TPSA) is 93.8 Å². The maximum absolute atomic E-state index is 12.3. The summed E-state index contributed by atoms with van der Waals surface area (Å²) in [7, 11) is 3.42. The van der Waals surface area contributed by atoms with Crippen molar-refractivity contribution in [2.45, 2.75) is 13.8 Å². The van der Waals surface area contributed by atoms with Crippen LogP contribution in [0.15, 0.2) is 12.4 Å². The molecule has 0 spiro atoms. The molecule has 8 heteroatoms. The van der Waals surface area contributed by atoms with E-state index in [0.717, 1.165) is 5.69 Å². The number of nitrogens with zero attached hydrogens (tertiary/aromatic N) is 4. The van der Waals surface area contributed by atoms with Gasteiger partial charge in [-0.2, -0.15) is 10.2 Å². The van der Waals surface area contributed by atoms with Gasteiger partial charge in [0.2, 0.25) is 5.91 Å². The first-order valence-electron chi connectivity index (χ1n) is 5.99. The number of nitrogens with one attached hydrogen (secondary N) is 2. The zero-order chi connectivity index (χ0) is 14.9. The van der Waals surface area contributed by atoms with Crippen molar-refractivity contribution in [1.82, 2.24) is 19.6 Å². The molecule has 0 aliphatic rings. The van der Waals surface area contributed by atoms with Gasteiger partial charge in [0.25, 0.3) is 5.91 Å². The number of rotatable bonds is 3. The molecule has 106 valence electrons. The maximum Gasteiger partial charge on any atom is 0.276 e. The highest BCUT2D eigenvalue weighted by Crippen LogP contribution is 2.18. The predicted octanol–water partition coefficient (Wildman–Crippen LogP) is 0.673. The fraction of sp³-hybridized carbons (Fsp3) is 0.333. The van der Waals surface area contributed by atoms with Crippen LogP contribution in [0.2, 0.25) is 0 Å². The van der Waals surface area contributed by atoms with Crippen LogP contribution in [0, 0.1) is 6.92 Å². The molecule has 2 heterocycles. The molecule has 0 fully saturated rings. The summed E-state index contributed by atoms with van der Waals surface area (Å²) in [4.78, 5) is 23.4. The number of hydrogen-bond acceptors (Lipinski definition) is 4. The van der Waals surface area contributed by atoms with Crippen molar-refractivity contribution < 1.29 is 9.59 Å². The Bertz CT molecular complexity index is 670. The molecule has 2 amide bonds. The van der Waals surface area contributed by atoms with E-state index in [1.807, 2.05) is 6.92 Å². The van der Waals surface area contributed by atoms with Gasteiger partial charge in [-0.05, 0) is 6.92 Å². The SMILES string of the molecule is CC(=O)Nc1cnn(C)c1C(=O)Nc1cnn(C)c1C. The van der Waals surface area contributed by atoms with Gasteiger partial charge in [-0.15, -0.1) is 0 Å². The Morgan fingerprint density at radius 1 is 1.05 bits per heavy atom. The third-order valence-electron chi connectivity index (χ3n) is 2.95. The van der Waals surface area contributed by atoms with Crippen LogP contribution in [0.25, 0.3) is 0 Å². The van der Waals surface area contributed by atoms with Crippen molar-refractivity contribution in [3.8, 4) is 0 Å². The van der Waals surface area contributed by atoms with Crippen molar-refractivity contribution in [3.63, 3.8) is 0 Å². The number of amides is 2. The number of hydrogen-bond donors (Lipinski definition) is 2. The summed E-state index contributed by atoms with van der Waals surface area (Å²) >= 11 is 0. The molecule has 2 aromatic heterocycles. The minimum Gasteiger partial charge on any atom is -0.323 e. The van der Waals surface area contributed by atoms with E-state index in [2.05, 4.69) is 20.8 Å². The van der Waals surface area contributed by atoms with Crippen LogP contribution in [0.1, 0.15) is 23.1 Å².